The molecule has 0 saturated carbocycles. The number of carbonyl (C=O) groups is 1. The van der Waals surface area contributed by atoms with E-state index in [-0.39, 0.29) is 17.4 Å². The number of hydrogen-bond acceptors (Lipinski definition) is 3. The van der Waals surface area contributed by atoms with E-state index < -0.39 is 0 Å². The van der Waals surface area contributed by atoms with E-state index in [9.17, 15) is 4.79 Å². The van der Waals surface area contributed by atoms with Gasteiger partial charge in [-0.05, 0) is 32.1 Å². The van der Waals surface area contributed by atoms with Gasteiger partial charge in [-0.1, -0.05) is 20.8 Å². The third-order valence-corrected chi connectivity index (χ3v) is 4.42. The number of nitrogens with zero attached hydrogens (tertiary/aromatic N) is 1. The Morgan fingerprint density at radius 1 is 1.37 bits per heavy atom. The normalized spacial score (nSPS) is 20.6. The van der Waals surface area contributed by atoms with Crippen molar-refractivity contribution in [2.45, 2.75) is 59.0 Å². The average Bonchev–Trinajstić information content (AvgIpc) is 2.47. The first-order valence-corrected chi connectivity index (χ1v) is 7.74. The summed E-state index contributed by atoms with van der Waals surface area (Å²) in [5.41, 5.74) is 5.50. The quantitative estimate of drug-likeness (QED) is 0.771. The molecule has 4 heteroatoms. The van der Waals surface area contributed by atoms with Gasteiger partial charge in [0.25, 0.3) is 0 Å². The van der Waals surface area contributed by atoms with Gasteiger partial charge in [0.05, 0.1) is 11.5 Å². The molecule has 0 aliphatic carbocycles. The first kappa shape index (κ1) is 16.4. The maximum atomic E-state index is 12.7. The largest absolute Gasteiger partial charge is 0.376 e. The molecule has 0 aromatic rings. The van der Waals surface area contributed by atoms with Crippen LogP contribution in [0.4, 0.5) is 0 Å². The molecule has 112 valence electrons. The minimum atomic E-state index is -0.368. The van der Waals surface area contributed by atoms with E-state index in [1.165, 1.54) is 0 Å². The third-order valence-electron chi connectivity index (χ3n) is 4.42. The van der Waals surface area contributed by atoms with E-state index in [0.717, 1.165) is 51.8 Å². The van der Waals surface area contributed by atoms with E-state index in [1.54, 1.807) is 0 Å². The van der Waals surface area contributed by atoms with E-state index in [2.05, 4.69) is 20.8 Å². The summed E-state index contributed by atoms with van der Waals surface area (Å²) < 4.78 is 5.80. The lowest BCUT2D eigenvalue weighted by atomic mass is 9.80. The van der Waals surface area contributed by atoms with E-state index >= 15 is 0 Å². The van der Waals surface area contributed by atoms with Crippen LogP contribution < -0.4 is 5.73 Å². The average molecular weight is 270 g/mol. The van der Waals surface area contributed by atoms with Crippen LogP contribution in [0.25, 0.3) is 0 Å². The molecule has 0 spiro atoms. The van der Waals surface area contributed by atoms with Gasteiger partial charge in [0.1, 0.15) is 0 Å². The highest BCUT2D eigenvalue weighted by Crippen LogP contribution is 2.29. The number of hydrogen-bond donors (Lipinski definition) is 1. The summed E-state index contributed by atoms with van der Waals surface area (Å²) in [6, 6.07) is 0. The van der Waals surface area contributed by atoms with E-state index in [4.69, 9.17) is 10.5 Å². The molecule has 19 heavy (non-hydrogen) atoms. The molecule has 0 aromatic carbocycles. The zero-order chi connectivity index (χ0) is 14.3. The first-order valence-electron chi connectivity index (χ1n) is 7.74. The second kappa shape index (κ2) is 7.85. The molecule has 1 rings (SSSR count). The lowest BCUT2D eigenvalue weighted by molar-refractivity contribution is -0.146. The summed E-state index contributed by atoms with van der Waals surface area (Å²) >= 11 is 0. The van der Waals surface area contributed by atoms with Crippen LogP contribution in [-0.4, -0.2) is 43.2 Å². The molecule has 0 radical (unpaired) electrons. The standard InChI is InChI=1S/C15H30N2O2/c1-4-10-19-13-8-7-9-17(11-13)14(18)15(5-2,6-3)12-16/h13H,4-12,16H2,1-3H3. The molecule has 1 aliphatic rings. The van der Waals surface area contributed by atoms with Crippen LogP contribution in [0.1, 0.15) is 52.9 Å². The van der Waals surface area contributed by atoms with Crippen molar-refractivity contribution in [3.8, 4) is 0 Å². The SMILES string of the molecule is CCCOC1CCCN(C(=O)C(CC)(CC)CN)C1. The van der Waals surface area contributed by atoms with Crippen LogP contribution in [0.5, 0.6) is 0 Å². The van der Waals surface area contributed by atoms with Crippen molar-refractivity contribution in [2.24, 2.45) is 11.1 Å². The molecule has 2 N–H and O–H groups in total. The number of piperidine rings is 1. The van der Waals surface area contributed by atoms with Gasteiger partial charge in [-0.25, -0.2) is 0 Å². The highest BCUT2D eigenvalue weighted by molar-refractivity contribution is 5.83. The zero-order valence-electron chi connectivity index (χ0n) is 12.8. The fourth-order valence-corrected chi connectivity index (χ4v) is 2.81. The second-order valence-corrected chi connectivity index (χ2v) is 5.58. The highest BCUT2D eigenvalue weighted by Gasteiger charge is 2.38. The minimum absolute atomic E-state index is 0.210. The van der Waals surface area contributed by atoms with Crippen molar-refractivity contribution in [1.29, 1.82) is 0 Å². The Morgan fingerprint density at radius 3 is 2.58 bits per heavy atom. The Kier molecular flexibility index (Phi) is 6.80. The topological polar surface area (TPSA) is 55.6 Å². The van der Waals surface area contributed by atoms with Crippen LogP contribution in [0.2, 0.25) is 0 Å². The van der Waals surface area contributed by atoms with Gasteiger partial charge in [-0.15, -0.1) is 0 Å². The predicted molar refractivity (Wildman–Crippen MR) is 77.9 cm³/mol. The van der Waals surface area contributed by atoms with Crippen LogP contribution >= 0.6 is 0 Å². The lowest BCUT2D eigenvalue weighted by Crippen LogP contribution is -2.52. The van der Waals surface area contributed by atoms with Crippen LogP contribution in [0.15, 0.2) is 0 Å². The van der Waals surface area contributed by atoms with Crippen LogP contribution in [0.3, 0.4) is 0 Å². The van der Waals surface area contributed by atoms with Gasteiger partial charge in [0.15, 0.2) is 0 Å². The van der Waals surface area contributed by atoms with Crippen molar-refractivity contribution < 1.29 is 9.53 Å². The fraction of sp³-hybridized carbons (Fsp3) is 0.933. The molecule has 4 nitrogen and oxygen atoms in total. The van der Waals surface area contributed by atoms with Crippen molar-refractivity contribution in [1.82, 2.24) is 4.90 Å². The Bertz CT molecular complexity index is 269. The summed E-state index contributed by atoms with van der Waals surface area (Å²) in [5.74, 6) is 0.227. The molecule has 1 amide bonds. The molecule has 1 aliphatic heterocycles. The molecule has 1 unspecified atom stereocenters. The Morgan fingerprint density at radius 2 is 2.05 bits per heavy atom. The molecule has 1 heterocycles. The summed E-state index contributed by atoms with van der Waals surface area (Å²) in [5, 5.41) is 0. The second-order valence-electron chi connectivity index (χ2n) is 5.58. The molecular weight excluding hydrogens is 240 g/mol. The number of nitrogens with two attached hydrogens (primary N) is 1. The van der Waals surface area contributed by atoms with Gasteiger partial charge >= 0.3 is 0 Å². The summed E-state index contributed by atoms with van der Waals surface area (Å²) in [6.07, 6.45) is 4.97. The molecular formula is C15H30N2O2. The lowest BCUT2D eigenvalue weighted by Gasteiger charge is -2.39. The zero-order valence-corrected chi connectivity index (χ0v) is 12.8. The minimum Gasteiger partial charge on any atom is -0.376 e. The number of carbonyl (C=O) groups excluding carboxylic acids is 1. The predicted octanol–water partition coefficient (Wildman–Crippen LogP) is 2.17. The van der Waals surface area contributed by atoms with Gasteiger partial charge in [-0.2, -0.15) is 0 Å². The van der Waals surface area contributed by atoms with Crippen molar-refractivity contribution in [2.75, 3.05) is 26.2 Å². The van der Waals surface area contributed by atoms with Crippen LogP contribution in [0, 0.1) is 5.41 Å². The summed E-state index contributed by atoms with van der Waals surface area (Å²) in [4.78, 5) is 14.7. The summed E-state index contributed by atoms with van der Waals surface area (Å²) in [6.45, 7) is 9.05. The monoisotopic (exact) mass is 270 g/mol. The number of rotatable bonds is 7. The molecule has 0 bridgehead atoms. The first-order chi connectivity index (χ1) is 9.13. The third kappa shape index (κ3) is 3.93. The Hall–Kier alpha value is -0.610. The Balaban J connectivity index is 2.65. The van der Waals surface area contributed by atoms with Gasteiger partial charge in [0, 0.05) is 26.2 Å². The summed E-state index contributed by atoms with van der Waals surface area (Å²) in [7, 11) is 0. The van der Waals surface area contributed by atoms with E-state index in [1.807, 2.05) is 4.90 Å². The van der Waals surface area contributed by atoms with Gasteiger partial charge in [-0.3, -0.25) is 4.79 Å². The number of ether oxygens (including phenoxy) is 1. The molecule has 1 atom stereocenters. The maximum Gasteiger partial charge on any atom is 0.230 e. The van der Waals surface area contributed by atoms with Crippen molar-refractivity contribution >= 4 is 5.91 Å². The van der Waals surface area contributed by atoms with Gasteiger partial charge < -0.3 is 15.4 Å². The van der Waals surface area contributed by atoms with Crippen molar-refractivity contribution in [3.63, 3.8) is 0 Å². The number of likely N-dealkylation sites (tertiary alicyclic amines) is 1. The molecule has 1 saturated heterocycles. The molecule has 0 aromatic heterocycles. The molecule has 1 fully saturated rings. The highest BCUT2D eigenvalue weighted by atomic mass is 16.5. The fourth-order valence-electron chi connectivity index (χ4n) is 2.81. The Labute approximate surface area is 117 Å². The van der Waals surface area contributed by atoms with Gasteiger partial charge in [0.2, 0.25) is 5.91 Å². The smallest absolute Gasteiger partial charge is 0.230 e. The van der Waals surface area contributed by atoms with Crippen molar-refractivity contribution in [3.05, 3.63) is 0 Å². The maximum absolute atomic E-state index is 12.7. The number of amides is 1. The van der Waals surface area contributed by atoms with Crippen LogP contribution in [-0.2, 0) is 9.53 Å². The van der Waals surface area contributed by atoms with E-state index in [0.29, 0.717) is 6.54 Å².